The molecule has 0 aromatic rings. The van der Waals surface area contributed by atoms with Gasteiger partial charge in [0.25, 0.3) is 0 Å². The van der Waals surface area contributed by atoms with Crippen molar-refractivity contribution < 1.29 is 4.79 Å². The smallest absolute Gasteiger partial charge is 0.126 e. The molecule has 0 spiro atoms. The number of rotatable bonds is 4. The number of nitriles is 1. The maximum atomic E-state index is 9.44. The van der Waals surface area contributed by atoms with Crippen molar-refractivity contribution in [1.29, 1.82) is 5.26 Å². The van der Waals surface area contributed by atoms with Crippen LogP contribution in [0, 0.1) is 17.2 Å². The number of carbonyl (C=O) groups is 1. The Labute approximate surface area is 95.7 Å². The fraction of sp³-hybridized carbons (Fsp3) is 0.846. The van der Waals surface area contributed by atoms with Gasteiger partial charge in [0.15, 0.2) is 0 Å². The molecule has 0 aliphatic heterocycles. The van der Waals surface area contributed by atoms with Gasteiger partial charge in [-0.3, -0.25) is 0 Å². The number of unbranched alkanes of at least 4 members (excludes halogenated alkanes) is 2. The Hall–Kier alpha value is -0.840. The van der Waals surface area contributed by atoms with Crippen molar-refractivity contribution in [2.24, 2.45) is 5.92 Å². The van der Waals surface area contributed by atoms with E-state index in [2.05, 4.69) is 20.8 Å². The summed E-state index contributed by atoms with van der Waals surface area (Å²) in [5.74, 6) is 1.07. The third kappa shape index (κ3) is 94.7. The molecule has 2 nitrogen and oxygen atoms in total. The van der Waals surface area contributed by atoms with Gasteiger partial charge in [-0.2, -0.15) is 5.26 Å². The Morgan fingerprint density at radius 3 is 1.80 bits per heavy atom. The van der Waals surface area contributed by atoms with Crippen LogP contribution in [0.5, 0.6) is 0 Å². The Morgan fingerprint density at radius 2 is 1.60 bits per heavy atom. The second-order valence-electron chi connectivity index (χ2n) is 4.02. The van der Waals surface area contributed by atoms with E-state index in [0.29, 0.717) is 0 Å². The summed E-state index contributed by atoms with van der Waals surface area (Å²) >= 11 is 0. The van der Waals surface area contributed by atoms with Crippen molar-refractivity contribution in [2.45, 2.75) is 67.2 Å². The molecule has 0 aromatic carbocycles. The fourth-order valence-electron chi connectivity index (χ4n) is 0.803. The van der Waals surface area contributed by atoms with Gasteiger partial charge in [0.05, 0.1) is 6.07 Å². The number of hydrogen-bond acceptors (Lipinski definition) is 2. The van der Waals surface area contributed by atoms with Crippen LogP contribution in [0.15, 0.2) is 0 Å². The van der Waals surface area contributed by atoms with Gasteiger partial charge >= 0.3 is 0 Å². The standard InChI is InChI=1S/C8H18.C3H6O.C2H3N/c1-4-5-6-7-8(2)3;1-3(2)4;1-2-3/h8H,4-7H2,1-3H3;1-2H3;1H3. The minimum atomic E-state index is 0.167. The normalized spacial score (nSPS) is 7.87. The molecular weight excluding hydrogens is 186 g/mol. The van der Waals surface area contributed by atoms with E-state index in [1.54, 1.807) is 6.07 Å². The summed E-state index contributed by atoms with van der Waals surface area (Å²) < 4.78 is 0. The van der Waals surface area contributed by atoms with E-state index in [4.69, 9.17) is 5.26 Å². The van der Waals surface area contributed by atoms with Crippen molar-refractivity contribution in [3.8, 4) is 6.07 Å². The Balaban J connectivity index is -0.000000173. The highest BCUT2D eigenvalue weighted by atomic mass is 16.1. The summed E-state index contributed by atoms with van der Waals surface area (Å²) in [7, 11) is 0. The average Bonchev–Trinajstić information content (AvgIpc) is 2.04. The molecular formula is C13H27NO. The summed E-state index contributed by atoms with van der Waals surface area (Å²) in [5, 5.41) is 7.32. The van der Waals surface area contributed by atoms with Crippen molar-refractivity contribution in [3.63, 3.8) is 0 Å². The van der Waals surface area contributed by atoms with E-state index < -0.39 is 0 Å². The molecule has 2 heteroatoms. The zero-order valence-electron chi connectivity index (χ0n) is 11.3. The third-order valence-electron chi connectivity index (χ3n) is 1.39. The maximum Gasteiger partial charge on any atom is 0.126 e. The molecule has 90 valence electrons. The number of Topliss-reactive ketones (excluding diaryl/α,β-unsaturated/α-hetero) is 1. The second kappa shape index (κ2) is 18.9. The van der Waals surface area contributed by atoms with E-state index in [1.807, 2.05) is 0 Å². The first-order valence-electron chi connectivity index (χ1n) is 5.70. The minimum absolute atomic E-state index is 0.167. The molecule has 0 amide bonds. The molecule has 0 unspecified atom stereocenters. The monoisotopic (exact) mass is 213 g/mol. The zero-order chi connectivity index (χ0) is 12.7. The largest absolute Gasteiger partial charge is 0.300 e. The SMILES string of the molecule is CC#N.CC(C)=O.CCCCCC(C)C. The Bertz CT molecular complexity index is 152. The quantitative estimate of drug-likeness (QED) is 0.651. The molecule has 0 aliphatic carbocycles. The van der Waals surface area contributed by atoms with Crippen molar-refractivity contribution in [3.05, 3.63) is 0 Å². The molecule has 0 aliphatic rings. The Kier molecular flexibility index (Phi) is 24.7. The third-order valence-corrected chi connectivity index (χ3v) is 1.39. The summed E-state index contributed by atoms with van der Waals surface area (Å²) in [6.45, 7) is 11.3. The number of hydrogen-bond donors (Lipinski definition) is 0. The first-order chi connectivity index (χ1) is 6.92. The molecule has 0 N–H and O–H groups in total. The van der Waals surface area contributed by atoms with Crippen LogP contribution in [-0.4, -0.2) is 5.78 Å². The molecule has 0 fully saturated rings. The fourth-order valence-corrected chi connectivity index (χ4v) is 0.803. The number of carbonyl (C=O) groups excluding carboxylic acids is 1. The van der Waals surface area contributed by atoms with Crippen LogP contribution < -0.4 is 0 Å². The number of nitrogens with zero attached hydrogens (tertiary/aromatic N) is 1. The van der Waals surface area contributed by atoms with E-state index in [-0.39, 0.29) is 5.78 Å². The van der Waals surface area contributed by atoms with Gasteiger partial charge < -0.3 is 4.79 Å². The van der Waals surface area contributed by atoms with Gasteiger partial charge in [0.2, 0.25) is 0 Å². The molecule has 15 heavy (non-hydrogen) atoms. The first-order valence-corrected chi connectivity index (χ1v) is 5.70. The van der Waals surface area contributed by atoms with Gasteiger partial charge in [0.1, 0.15) is 5.78 Å². The van der Waals surface area contributed by atoms with Crippen molar-refractivity contribution in [1.82, 2.24) is 0 Å². The molecule has 0 atom stereocenters. The van der Waals surface area contributed by atoms with Gasteiger partial charge in [-0.05, 0) is 19.8 Å². The molecule has 0 saturated carbocycles. The first kappa shape index (κ1) is 19.7. The van der Waals surface area contributed by atoms with E-state index in [1.165, 1.54) is 46.5 Å². The van der Waals surface area contributed by atoms with Gasteiger partial charge in [-0.15, -0.1) is 0 Å². The molecule has 0 rings (SSSR count). The molecule has 0 radical (unpaired) electrons. The predicted molar refractivity (Wildman–Crippen MR) is 66.6 cm³/mol. The number of ketones is 1. The van der Waals surface area contributed by atoms with Crippen LogP contribution in [0.2, 0.25) is 0 Å². The molecule has 0 bridgehead atoms. The van der Waals surface area contributed by atoms with E-state index in [9.17, 15) is 4.79 Å². The zero-order valence-corrected chi connectivity index (χ0v) is 11.3. The summed E-state index contributed by atoms with van der Waals surface area (Å²) in [6.07, 6.45) is 5.60. The highest BCUT2D eigenvalue weighted by Crippen LogP contribution is 2.06. The van der Waals surface area contributed by atoms with Crippen LogP contribution in [0.4, 0.5) is 0 Å². The van der Waals surface area contributed by atoms with E-state index in [0.717, 1.165) is 5.92 Å². The second-order valence-corrected chi connectivity index (χ2v) is 4.02. The van der Waals surface area contributed by atoms with Crippen molar-refractivity contribution >= 4 is 5.78 Å². The van der Waals surface area contributed by atoms with Gasteiger partial charge in [-0.1, -0.05) is 46.5 Å². The topological polar surface area (TPSA) is 40.9 Å². The van der Waals surface area contributed by atoms with Gasteiger partial charge in [-0.25, -0.2) is 0 Å². The average molecular weight is 213 g/mol. The molecule has 0 saturated heterocycles. The van der Waals surface area contributed by atoms with Crippen LogP contribution in [0.25, 0.3) is 0 Å². The lowest BCUT2D eigenvalue weighted by Gasteiger charge is -2.00. The minimum Gasteiger partial charge on any atom is -0.300 e. The van der Waals surface area contributed by atoms with Crippen LogP contribution in [0.3, 0.4) is 0 Å². The van der Waals surface area contributed by atoms with Crippen LogP contribution >= 0.6 is 0 Å². The molecule has 0 aromatic heterocycles. The molecule has 0 heterocycles. The lowest BCUT2D eigenvalue weighted by atomic mass is 10.1. The summed E-state index contributed by atoms with van der Waals surface area (Å²) in [5.41, 5.74) is 0. The van der Waals surface area contributed by atoms with Crippen LogP contribution in [0.1, 0.15) is 67.2 Å². The lowest BCUT2D eigenvalue weighted by molar-refractivity contribution is -0.114. The maximum absolute atomic E-state index is 9.44. The van der Waals surface area contributed by atoms with Gasteiger partial charge in [0, 0.05) is 6.92 Å². The van der Waals surface area contributed by atoms with Crippen molar-refractivity contribution in [2.75, 3.05) is 0 Å². The van der Waals surface area contributed by atoms with Crippen LogP contribution in [-0.2, 0) is 4.79 Å². The van der Waals surface area contributed by atoms with E-state index >= 15 is 0 Å². The lowest BCUT2D eigenvalue weighted by Crippen LogP contribution is -1.85. The summed E-state index contributed by atoms with van der Waals surface area (Å²) in [6, 6.07) is 1.75. The summed E-state index contributed by atoms with van der Waals surface area (Å²) in [4.78, 5) is 9.44. The predicted octanol–water partition coefficient (Wildman–Crippen LogP) is 4.35. The highest BCUT2D eigenvalue weighted by molar-refractivity contribution is 5.72. The highest BCUT2D eigenvalue weighted by Gasteiger charge is 1.90. The Morgan fingerprint density at radius 1 is 1.27 bits per heavy atom.